The Morgan fingerprint density at radius 2 is 2.00 bits per heavy atom. The number of para-hydroxylation sites is 1. The van der Waals surface area contributed by atoms with Crippen LogP contribution in [0.4, 0.5) is 0 Å². The number of hydrogen-bond donors (Lipinski definition) is 0. The van der Waals surface area contributed by atoms with Crippen LogP contribution >= 0.6 is 0 Å². The van der Waals surface area contributed by atoms with E-state index in [9.17, 15) is 9.59 Å². The molecular formula is C17H22N2O3. The summed E-state index contributed by atoms with van der Waals surface area (Å²) in [7, 11) is 1.34. The monoisotopic (exact) mass is 302 g/mol. The molecule has 0 aliphatic rings. The van der Waals surface area contributed by atoms with Crippen LogP contribution in [-0.2, 0) is 21.5 Å². The zero-order valence-electron chi connectivity index (χ0n) is 13.5. The maximum atomic E-state index is 12.4. The average Bonchev–Trinajstić information content (AvgIpc) is 2.52. The molecule has 2 rings (SSSR count). The molecule has 0 fully saturated rings. The minimum absolute atomic E-state index is 0.151. The number of benzene rings is 1. The van der Waals surface area contributed by atoms with Crippen LogP contribution in [0, 0.1) is 0 Å². The summed E-state index contributed by atoms with van der Waals surface area (Å²) in [5, 5.41) is 0.957. The van der Waals surface area contributed by atoms with Crippen molar-refractivity contribution in [3.8, 4) is 0 Å². The van der Waals surface area contributed by atoms with Gasteiger partial charge in [-0.2, -0.15) is 4.98 Å². The molecular weight excluding hydrogens is 280 g/mol. The number of aromatic nitrogens is 2. The molecule has 118 valence electrons. The van der Waals surface area contributed by atoms with E-state index in [4.69, 9.17) is 0 Å². The quantitative estimate of drug-likeness (QED) is 0.797. The molecule has 2 aromatic rings. The van der Waals surface area contributed by atoms with Crippen molar-refractivity contribution in [3.05, 3.63) is 40.4 Å². The summed E-state index contributed by atoms with van der Waals surface area (Å²) in [6.07, 6.45) is 1.04. The average molecular weight is 302 g/mol. The maximum absolute atomic E-state index is 12.4. The lowest BCUT2D eigenvalue weighted by atomic mass is 9.84. The number of rotatable bonds is 5. The van der Waals surface area contributed by atoms with Gasteiger partial charge in [-0.3, -0.25) is 9.36 Å². The summed E-state index contributed by atoms with van der Waals surface area (Å²) in [5.74, 6) is -0.339. The Hall–Kier alpha value is -2.17. The van der Waals surface area contributed by atoms with Crippen molar-refractivity contribution in [2.24, 2.45) is 0 Å². The Kier molecular flexibility index (Phi) is 4.64. The second-order valence-corrected chi connectivity index (χ2v) is 5.98. The highest BCUT2D eigenvalue weighted by atomic mass is 16.5. The lowest BCUT2D eigenvalue weighted by Crippen LogP contribution is -2.30. The number of carbonyl (C=O) groups is 1. The van der Waals surface area contributed by atoms with Crippen LogP contribution in [0.3, 0.4) is 0 Å². The van der Waals surface area contributed by atoms with Gasteiger partial charge in [-0.25, -0.2) is 4.79 Å². The topological polar surface area (TPSA) is 61.2 Å². The second-order valence-electron chi connectivity index (χ2n) is 5.98. The van der Waals surface area contributed by atoms with Crippen molar-refractivity contribution >= 4 is 16.9 Å². The summed E-state index contributed by atoms with van der Waals surface area (Å²) < 4.78 is 6.19. The zero-order valence-corrected chi connectivity index (χ0v) is 13.5. The van der Waals surface area contributed by atoms with Gasteiger partial charge in [0.15, 0.2) is 0 Å². The molecule has 0 saturated carbocycles. The van der Waals surface area contributed by atoms with Gasteiger partial charge in [0, 0.05) is 17.3 Å². The number of aryl methyl sites for hydroxylation is 1. The van der Waals surface area contributed by atoms with Crippen LogP contribution in [0.15, 0.2) is 29.1 Å². The van der Waals surface area contributed by atoms with Crippen LogP contribution < -0.4 is 5.69 Å². The molecule has 5 nitrogen and oxygen atoms in total. The van der Waals surface area contributed by atoms with Gasteiger partial charge in [0.05, 0.1) is 24.7 Å². The van der Waals surface area contributed by atoms with E-state index in [2.05, 4.69) is 30.5 Å². The first kappa shape index (κ1) is 16.2. The summed E-state index contributed by atoms with van der Waals surface area (Å²) in [5.41, 5.74) is 1.12. The summed E-state index contributed by atoms with van der Waals surface area (Å²) >= 11 is 0. The molecule has 5 heteroatoms. The van der Waals surface area contributed by atoms with Crippen molar-refractivity contribution in [2.75, 3.05) is 7.11 Å². The predicted octanol–water partition coefficient (Wildman–Crippen LogP) is 2.65. The molecule has 0 spiro atoms. The number of fused-ring (bicyclic) bond motifs is 1. The lowest BCUT2D eigenvalue weighted by molar-refractivity contribution is -0.140. The summed E-state index contributed by atoms with van der Waals surface area (Å²) in [6, 6.07) is 7.70. The highest BCUT2D eigenvalue weighted by molar-refractivity contribution is 5.82. The molecule has 0 atom stereocenters. The fourth-order valence-corrected chi connectivity index (χ4v) is 2.43. The molecule has 0 aliphatic carbocycles. The van der Waals surface area contributed by atoms with Crippen molar-refractivity contribution in [3.63, 3.8) is 0 Å². The van der Waals surface area contributed by atoms with Gasteiger partial charge in [0.2, 0.25) is 0 Å². The zero-order chi connectivity index (χ0) is 16.3. The highest BCUT2D eigenvalue weighted by Gasteiger charge is 2.24. The summed E-state index contributed by atoms with van der Waals surface area (Å²) in [4.78, 5) is 28.1. The largest absolute Gasteiger partial charge is 0.469 e. The van der Waals surface area contributed by atoms with Crippen molar-refractivity contribution in [2.45, 2.75) is 45.6 Å². The number of ether oxygens (including phenoxy) is 1. The van der Waals surface area contributed by atoms with Gasteiger partial charge in [-0.1, -0.05) is 39.0 Å². The van der Waals surface area contributed by atoms with Crippen molar-refractivity contribution in [1.29, 1.82) is 0 Å². The van der Waals surface area contributed by atoms with E-state index < -0.39 is 0 Å². The van der Waals surface area contributed by atoms with Gasteiger partial charge < -0.3 is 4.74 Å². The van der Waals surface area contributed by atoms with E-state index in [1.165, 1.54) is 7.11 Å². The first-order chi connectivity index (χ1) is 10.4. The van der Waals surface area contributed by atoms with E-state index >= 15 is 0 Å². The number of carbonyl (C=O) groups excluding carboxylic acids is 1. The van der Waals surface area contributed by atoms with Crippen molar-refractivity contribution < 1.29 is 9.53 Å². The predicted molar refractivity (Wildman–Crippen MR) is 86.0 cm³/mol. The number of methoxy groups -OCH3 is 1. The Bertz CT molecular complexity index is 747. The molecule has 0 aliphatic heterocycles. The van der Waals surface area contributed by atoms with Crippen LogP contribution in [0.1, 0.15) is 39.3 Å². The molecule has 0 saturated heterocycles. The summed E-state index contributed by atoms with van der Waals surface area (Å²) in [6.45, 7) is 6.52. The second kappa shape index (κ2) is 6.30. The van der Waals surface area contributed by atoms with Crippen LogP contribution in [0.25, 0.3) is 10.9 Å². The number of nitrogens with zero attached hydrogens (tertiary/aromatic N) is 2. The molecule has 0 radical (unpaired) electrons. The SMILES string of the molecule is CCC(C)(C)c1nc(=O)n(CCC(=O)OC)c2ccccc12. The third-order valence-electron chi connectivity index (χ3n) is 4.18. The minimum atomic E-state index is -0.339. The lowest BCUT2D eigenvalue weighted by Gasteiger charge is -2.24. The van der Waals surface area contributed by atoms with E-state index in [0.717, 1.165) is 23.0 Å². The van der Waals surface area contributed by atoms with E-state index in [1.54, 1.807) is 4.57 Å². The first-order valence-electron chi connectivity index (χ1n) is 7.47. The Morgan fingerprint density at radius 1 is 1.32 bits per heavy atom. The number of esters is 1. The fraction of sp³-hybridized carbons (Fsp3) is 0.471. The third kappa shape index (κ3) is 3.03. The Labute approximate surface area is 129 Å². The molecule has 0 N–H and O–H groups in total. The van der Waals surface area contributed by atoms with Gasteiger partial charge >= 0.3 is 11.7 Å². The van der Waals surface area contributed by atoms with Gasteiger partial charge in [-0.15, -0.1) is 0 Å². The van der Waals surface area contributed by atoms with Crippen LogP contribution in [0.2, 0.25) is 0 Å². The van der Waals surface area contributed by atoms with E-state index in [-0.39, 0.29) is 30.0 Å². The van der Waals surface area contributed by atoms with Crippen molar-refractivity contribution in [1.82, 2.24) is 9.55 Å². The third-order valence-corrected chi connectivity index (χ3v) is 4.18. The van der Waals surface area contributed by atoms with Crippen LogP contribution in [0.5, 0.6) is 0 Å². The fourth-order valence-electron chi connectivity index (χ4n) is 2.43. The van der Waals surface area contributed by atoms with Gasteiger partial charge in [0.1, 0.15) is 0 Å². The van der Waals surface area contributed by atoms with E-state index in [0.29, 0.717) is 0 Å². The minimum Gasteiger partial charge on any atom is -0.469 e. The van der Waals surface area contributed by atoms with Crippen LogP contribution in [-0.4, -0.2) is 22.6 Å². The molecule has 1 aromatic carbocycles. The molecule has 1 heterocycles. The van der Waals surface area contributed by atoms with E-state index in [1.807, 2.05) is 24.3 Å². The molecule has 0 bridgehead atoms. The normalized spacial score (nSPS) is 11.6. The standard InChI is InChI=1S/C17H22N2O3/c1-5-17(2,3)15-12-8-6-7-9-13(12)19(16(21)18-15)11-10-14(20)22-4/h6-9H,5,10-11H2,1-4H3. The Morgan fingerprint density at radius 3 is 2.64 bits per heavy atom. The Balaban J connectivity index is 2.61. The molecule has 0 amide bonds. The van der Waals surface area contributed by atoms with Gasteiger partial charge in [0.25, 0.3) is 0 Å². The highest BCUT2D eigenvalue weighted by Crippen LogP contribution is 2.30. The molecule has 22 heavy (non-hydrogen) atoms. The number of hydrogen-bond acceptors (Lipinski definition) is 4. The smallest absolute Gasteiger partial charge is 0.348 e. The first-order valence-corrected chi connectivity index (χ1v) is 7.47. The van der Waals surface area contributed by atoms with Gasteiger partial charge in [-0.05, 0) is 12.5 Å². The molecule has 0 unspecified atom stereocenters. The maximum Gasteiger partial charge on any atom is 0.348 e. The molecule has 1 aromatic heterocycles.